The van der Waals surface area contributed by atoms with Crippen molar-refractivity contribution < 1.29 is 9.52 Å². The Hall–Kier alpha value is -0.800. The smallest absolute Gasteiger partial charge is 0.135 e. The van der Waals surface area contributed by atoms with Gasteiger partial charge in [0.05, 0.1) is 12.9 Å². The molecule has 2 aromatic rings. The van der Waals surface area contributed by atoms with Crippen LogP contribution in [-0.2, 0) is 6.61 Å². The summed E-state index contributed by atoms with van der Waals surface area (Å²) < 4.78 is 6.21. The highest BCUT2D eigenvalue weighted by Gasteiger charge is 2.03. The molecule has 0 spiro atoms. The van der Waals surface area contributed by atoms with Gasteiger partial charge in [0.2, 0.25) is 0 Å². The minimum atomic E-state index is 0.0225. The van der Waals surface area contributed by atoms with Gasteiger partial charge in [-0.05, 0) is 18.2 Å². The molecule has 0 amide bonds. The average Bonchev–Trinajstić information content (AvgIpc) is 2.46. The zero-order valence-electron chi connectivity index (χ0n) is 6.25. The highest BCUT2D eigenvalue weighted by Crippen LogP contribution is 2.24. The van der Waals surface area contributed by atoms with Crippen molar-refractivity contribution in [1.82, 2.24) is 0 Å². The molecule has 0 saturated carbocycles. The Kier molecular flexibility index (Phi) is 1.90. The number of halogens is 1. The monoisotopic (exact) mass is 226 g/mol. The Balaban J connectivity index is 2.73. The lowest BCUT2D eigenvalue weighted by Gasteiger charge is -1.91. The van der Waals surface area contributed by atoms with Crippen molar-refractivity contribution in [2.75, 3.05) is 0 Å². The molecule has 2 rings (SSSR count). The minimum Gasteiger partial charge on any atom is -0.464 e. The van der Waals surface area contributed by atoms with Crippen LogP contribution < -0.4 is 0 Å². The van der Waals surface area contributed by atoms with E-state index in [4.69, 9.17) is 9.52 Å². The first kappa shape index (κ1) is 7.83. The quantitative estimate of drug-likeness (QED) is 0.812. The normalized spacial score (nSPS) is 10.8. The first-order chi connectivity index (χ1) is 5.81. The highest BCUT2D eigenvalue weighted by atomic mass is 79.9. The maximum Gasteiger partial charge on any atom is 0.135 e. The molecule has 1 aromatic carbocycles. The van der Waals surface area contributed by atoms with Gasteiger partial charge < -0.3 is 9.52 Å². The van der Waals surface area contributed by atoms with Gasteiger partial charge in [0.25, 0.3) is 0 Å². The molecular formula is C9H7BrO2. The van der Waals surface area contributed by atoms with Gasteiger partial charge >= 0.3 is 0 Å². The summed E-state index contributed by atoms with van der Waals surface area (Å²) in [7, 11) is 0. The zero-order valence-corrected chi connectivity index (χ0v) is 7.84. The molecule has 1 aromatic heterocycles. The third kappa shape index (κ3) is 1.15. The van der Waals surface area contributed by atoms with Crippen molar-refractivity contribution >= 4 is 26.9 Å². The summed E-state index contributed by atoms with van der Waals surface area (Å²) >= 11 is 3.34. The van der Waals surface area contributed by atoms with E-state index in [9.17, 15) is 0 Å². The van der Waals surface area contributed by atoms with Crippen molar-refractivity contribution in [2.24, 2.45) is 0 Å². The predicted molar refractivity (Wildman–Crippen MR) is 49.8 cm³/mol. The first-order valence-electron chi connectivity index (χ1n) is 3.58. The van der Waals surface area contributed by atoms with Crippen LogP contribution >= 0.6 is 15.9 Å². The van der Waals surface area contributed by atoms with Gasteiger partial charge in [-0.1, -0.05) is 15.9 Å². The van der Waals surface area contributed by atoms with Gasteiger partial charge in [0, 0.05) is 15.4 Å². The Morgan fingerprint density at radius 2 is 2.25 bits per heavy atom. The lowest BCUT2D eigenvalue weighted by Crippen LogP contribution is -1.77. The number of hydrogen-bond donors (Lipinski definition) is 1. The molecule has 0 aliphatic heterocycles. The van der Waals surface area contributed by atoms with Crippen LogP contribution in [0.5, 0.6) is 0 Å². The van der Waals surface area contributed by atoms with Crippen LogP contribution in [0.25, 0.3) is 11.0 Å². The van der Waals surface area contributed by atoms with E-state index in [1.165, 1.54) is 0 Å². The lowest BCUT2D eigenvalue weighted by molar-refractivity contribution is 0.282. The molecule has 1 N–H and O–H groups in total. The fourth-order valence-corrected chi connectivity index (χ4v) is 1.52. The number of aliphatic hydroxyl groups is 1. The maximum atomic E-state index is 8.92. The van der Waals surface area contributed by atoms with E-state index >= 15 is 0 Å². The molecule has 0 aliphatic rings. The van der Waals surface area contributed by atoms with Crippen LogP contribution in [0.1, 0.15) is 5.56 Å². The Labute approximate surface area is 77.9 Å². The Morgan fingerprint density at radius 3 is 3.00 bits per heavy atom. The second-order valence-electron chi connectivity index (χ2n) is 2.56. The van der Waals surface area contributed by atoms with E-state index in [1.54, 1.807) is 6.26 Å². The van der Waals surface area contributed by atoms with E-state index in [-0.39, 0.29) is 6.61 Å². The van der Waals surface area contributed by atoms with Gasteiger partial charge in [-0.25, -0.2) is 0 Å². The van der Waals surface area contributed by atoms with Crippen molar-refractivity contribution in [1.29, 1.82) is 0 Å². The van der Waals surface area contributed by atoms with Crippen LogP contribution in [0.15, 0.2) is 33.4 Å². The van der Waals surface area contributed by atoms with Gasteiger partial charge in [0.15, 0.2) is 0 Å². The van der Waals surface area contributed by atoms with Crippen LogP contribution in [-0.4, -0.2) is 5.11 Å². The molecule has 0 fully saturated rings. The average molecular weight is 227 g/mol. The van der Waals surface area contributed by atoms with Crippen LogP contribution in [0, 0.1) is 0 Å². The van der Waals surface area contributed by atoms with Crippen LogP contribution in [0.4, 0.5) is 0 Å². The molecule has 0 saturated heterocycles. The number of aliphatic hydroxyl groups excluding tert-OH is 1. The number of fused-ring (bicyclic) bond motifs is 1. The molecular weight excluding hydrogens is 220 g/mol. The molecule has 0 atom stereocenters. The second-order valence-corrected chi connectivity index (χ2v) is 3.48. The second kappa shape index (κ2) is 2.92. The van der Waals surface area contributed by atoms with Gasteiger partial charge in [-0.2, -0.15) is 0 Å². The summed E-state index contributed by atoms with van der Waals surface area (Å²) in [5.74, 6) is 0. The van der Waals surface area contributed by atoms with E-state index in [0.29, 0.717) is 0 Å². The summed E-state index contributed by atoms with van der Waals surface area (Å²) in [6, 6.07) is 5.74. The maximum absolute atomic E-state index is 8.92. The SMILES string of the molecule is OCc1coc2cc(Br)ccc12. The molecule has 0 radical (unpaired) electrons. The fourth-order valence-electron chi connectivity index (χ4n) is 1.18. The van der Waals surface area contributed by atoms with Crippen LogP contribution in [0.2, 0.25) is 0 Å². The van der Waals surface area contributed by atoms with E-state index in [0.717, 1.165) is 21.0 Å². The molecule has 0 unspecified atom stereocenters. The summed E-state index contributed by atoms with van der Waals surface area (Å²) in [4.78, 5) is 0. The first-order valence-corrected chi connectivity index (χ1v) is 4.37. The van der Waals surface area contributed by atoms with Crippen molar-refractivity contribution in [3.05, 3.63) is 34.5 Å². The number of benzene rings is 1. The Morgan fingerprint density at radius 1 is 1.42 bits per heavy atom. The third-order valence-corrected chi connectivity index (χ3v) is 2.28. The molecule has 0 bridgehead atoms. The fraction of sp³-hybridized carbons (Fsp3) is 0.111. The van der Waals surface area contributed by atoms with E-state index in [1.807, 2.05) is 18.2 Å². The molecule has 1 heterocycles. The number of furan rings is 1. The summed E-state index contributed by atoms with van der Waals surface area (Å²) in [5.41, 5.74) is 1.63. The highest BCUT2D eigenvalue weighted by molar-refractivity contribution is 9.10. The largest absolute Gasteiger partial charge is 0.464 e. The van der Waals surface area contributed by atoms with E-state index < -0.39 is 0 Å². The minimum absolute atomic E-state index is 0.0225. The molecule has 12 heavy (non-hydrogen) atoms. The van der Waals surface area contributed by atoms with Crippen molar-refractivity contribution in [3.8, 4) is 0 Å². The number of hydrogen-bond acceptors (Lipinski definition) is 2. The van der Waals surface area contributed by atoms with Gasteiger partial charge in [-0.15, -0.1) is 0 Å². The molecule has 0 aliphatic carbocycles. The van der Waals surface area contributed by atoms with Crippen LogP contribution in [0.3, 0.4) is 0 Å². The molecule has 3 heteroatoms. The standard InChI is InChI=1S/C9H7BrO2/c10-7-1-2-8-6(4-11)5-12-9(8)3-7/h1-3,5,11H,4H2. The lowest BCUT2D eigenvalue weighted by atomic mass is 10.2. The van der Waals surface area contributed by atoms with Gasteiger partial charge in [0.1, 0.15) is 5.58 Å². The predicted octanol–water partition coefficient (Wildman–Crippen LogP) is 2.69. The van der Waals surface area contributed by atoms with E-state index in [2.05, 4.69) is 15.9 Å². The summed E-state index contributed by atoms with van der Waals surface area (Å²) in [6.07, 6.45) is 1.58. The topological polar surface area (TPSA) is 33.4 Å². The van der Waals surface area contributed by atoms with Gasteiger partial charge in [-0.3, -0.25) is 0 Å². The summed E-state index contributed by atoms with van der Waals surface area (Å²) in [5, 5.41) is 9.89. The Bertz CT molecular complexity index is 406. The summed E-state index contributed by atoms with van der Waals surface area (Å²) in [6.45, 7) is 0.0225. The zero-order chi connectivity index (χ0) is 8.55. The molecule has 62 valence electrons. The van der Waals surface area contributed by atoms with Crippen molar-refractivity contribution in [3.63, 3.8) is 0 Å². The van der Waals surface area contributed by atoms with Crippen molar-refractivity contribution in [2.45, 2.75) is 6.61 Å². The number of rotatable bonds is 1. The molecule has 2 nitrogen and oxygen atoms in total. The third-order valence-electron chi connectivity index (χ3n) is 1.79.